The summed E-state index contributed by atoms with van der Waals surface area (Å²) in [6.07, 6.45) is -0.595. The van der Waals surface area contributed by atoms with E-state index in [1.165, 1.54) is 4.31 Å². The van der Waals surface area contributed by atoms with Crippen molar-refractivity contribution in [3.05, 3.63) is 66.1 Å². The zero-order chi connectivity index (χ0) is 18.9. The van der Waals surface area contributed by atoms with Crippen LogP contribution in [0.1, 0.15) is 17.6 Å². The Balaban J connectivity index is 1.57. The van der Waals surface area contributed by atoms with Crippen LogP contribution in [0.15, 0.2) is 64.0 Å². The minimum Gasteiger partial charge on any atom is -0.366 e. The Hall–Kier alpha value is -2.55. The second-order valence-corrected chi connectivity index (χ2v) is 8.24. The Kier molecular flexibility index (Phi) is 4.77. The van der Waals surface area contributed by atoms with Gasteiger partial charge >= 0.3 is 0 Å². The smallest absolute Gasteiger partial charge is 0.257 e. The minimum atomic E-state index is -3.59. The lowest BCUT2D eigenvalue weighted by molar-refractivity contribution is -0.0199. The number of rotatable bonds is 4. The number of ether oxygens (including phenoxy) is 1. The number of hydrogen-bond donors (Lipinski definition) is 0. The number of sulfonamides is 1. The zero-order valence-corrected chi connectivity index (χ0v) is 15.6. The van der Waals surface area contributed by atoms with E-state index >= 15 is 0 Å². The Morgan fingerprint density at radius 1 is 1.07 bits per heavy atom. The van der Waals surface area contributed by atoms with Crippen LogP contribution in [0.4, 0.5) is 0 Å². The van der Waals surface area contributed by atoms with E-state index in [1.807, 2.05) is 31.2 Å². The number of morpholine rings is 1. The predicted octanol–water partition coefficient (Wildman–Crippen LogP) is 2.81. The largest absolute Gasteiger partial charge is 0.366 e. The van der Waals surface area contributed by atoms with Crippen LogP contribution in [0.25, 0.3) is 11.4 Å². The fourth-order valence-corrected chi connectivity index (χ4v) is 4.48. The Labute approximate surface area is 157 Å². The third-order valence-corrected chi connectivity index (χ3v) is 6.39. The molecule has 1 saturated heterocycles. The molecule has 0 unspecified atom stereocenters. The van der Waals surface area contributed by atoms with Gasteiger partial charge in [0.1, 0.15) is 0 Å². The molecule has 0 amide bonds. The lowest BCUT2D eigenvalue weighted by Crippen LogP contribution is -2.42. The van der Waals surface area contributed by atoms with Crippen LogP contribution in [0.5, 0.6) is 0 Å². The molecule has 140 valence electrons. The van der Waals surface area contributed by atoms with Crippen molar-refractivity contribution < 1.29 is 17.7 Å². The SMILES string of the molecule is Cc1ccccc1-c1noc([C@H]2CN(S(=O)(=O)c3ccccc3)CCO2)n1. The van der Waals surface area contributed by atoms with E-state index in [9.17, 15) is 8.42 Å². The normalized spacial score (nSPS) is 18.5. The lowest BCUT2D eigenvalue weighted by Gasteiger charge is -2.30. The highest BCUT2D eigenvalue weighted by Gasteiger charge is 2.34. The molecular weight excluding hydrogens is 366 g/mol. The van der Waals surface area contributed by atoms with Crippen LogP contribution in [0, 0.1) is 6.92 Å². The van der Waals surface area contributed by atoms with Crippen molar-refractivity contribution in [2.45, 2.75) is 17.9 Å². The summed E-state index contributed by atoms with van der Waals surface area (Å²) in [4.78, 5) is 4.69. The van der Waals surface area contributed by atoms with Crippen LogP contribution in [-0.2, 0) is 14.8 Å². The highest BCUT2D eigenvalue weighted by Crippen LogP contribution is 2.28. The monoisotopic (exact) mass is 385 g/mol. The van der Waals surface area contributed by atoms with E-state index < -0.39 is 16.1 Å². The molecule has 2 heterocycles. The third kappa shape index (κ3) is 3.51. The van der Waals surface area contributed by atoms with E-state index in [0.717, 1.165) is 11.1 Å². The molecule has 1 fully saturated rings. The number of aryl methyl sites for hydroxylation is 1. The van der Waals surface area contributed by atoms with Gasteiger partial charge in [-0.1, -0.05) is 47.6 Å². The maximum absolute atomic E-state index is 12.8. The molecule has 7 nitrogen and oxygen atoms in total. The second kappa shape index (κ2) is 7.22. The van der Waals surface area contributed by atoms with Crippen LogP contribution < -0.4 is 0 Å². The Morgan fingerprint density at radius 2 is 1.81 bits per heavy atom. The fourth-order valence-electron chi connectivity index (χ4n) is 3.03. The van der Waals surface area contributed by atoms with Crippen LogP contribution in [-0.4, -0.2) is 42.6 Å². The molecule has 1 aliphatic heterocycles. The summed E-state index contributed by atoms with van der Waals surface area (Å²) >= 11 is 0. The van der Waals surface area contributed by atoms with Crippen molar-refractivity contribution in [1.29, 1.82) is 0 Å². The van der Waals surface area contributed by atoms with Gasteiger partial charge in [0.2, 0.25) is 15.8 Å². The molecule has 2 aromatic carbocycles. The van der Waals surface area contributed by atoms with E-state index in [2.05, 4.69) is 10.1 Å². The van der Waals surface area contributed by atoms with Gasteiger partial charge in [-0.05, 0) is 24.6 Å². The molecule has 0 spiro atoms. The van der Waals surface area contributed by atoms with E-state index in [1.54, 1.807) is 30.3 Å². The van der Waals surface area contributed by atoms with Crippen molar-refractivity contribution in [2.24, 2.45) is 0 Å². The van der Waals surface area contributed by atoms with E-state index in [4.69, 9.17) is 9.26 Å². The number of nitrogens with zero attached hydrogens (tertiary/aromatic N) is 3. The summed E-state index contributed by atoms with van der Waals surface area (Å²) < 4.78 is 38.2. The van der Waals surface area contributed by atoms with Gasteiger partial charge in [-0.25, -0.2) is 8.42 Å². The predicted molar refractivity (Wildman–Crippen MR) is 98.4 cm³/mol. The highest BCUT2D eigenvalue weighted by atomic mass is 32.2. The molecule has 8 heteroatoms. The second-order valence-electron chi connectivity index (χ2n) is 6.31. The first-order chi connectivity index (χ1) is 13.1. The molecule has 4 rings (SSSR count). The molecule has 0 N–H and O–H groups in total. The van der Waals surface area contributed by atoms with Crippen LogP contribution in [0.3, 0.4) is 0 Å². The van der Waals surface area contributed by atoms with Gasteiger partial charge in [-0.3, -0.25) is 0 Å². The van der Waals surface area contributed by atoms with Crippen LogP contribution in [0.2, 0.25) is 0 Å². The number of aromatic nitrogens is 2. The van der Waals surface area contributed by atoms with Gasteiger partial charge < -0.3 is 9.26 Å². The van der Waals surface area contributed by atoms with Crippen molar-refractivity contribution in [3.8, 4) is 11.4 Å². The van der Waals surface area contributed by atoms with Gasteiger partial charge in [0.25, 0.3) is 5.89 Å². The van der Waals surface area contributed by atoms with Crippen molar-refractivity contribution >= 4 is 10.0 Å². The van der Waals surface area contributed by atoms with Gasteiger partial charge in [0.15, 0.2) is 6.10 Å². The first-order valence-electron chi connectivity index (χ1n) is 8.62. The Morgan fingerprint density at radius 3 is 2.59 bits per heavy atom. The van der Waals surface area contributed by atoms with Crippen molar-refractivity contribution in [1.82, 2.24) is 14.4 Å². The Bertz CT molecular complexity index is 1030. The molecule has 3 aromatic rings. The fraction of sp³-hybridized carbons (Fsp3) is 0.263. The van der Waals surface area contributed by atoms with Gasteiger partial charge in [-0.15, -0.1) is 0 Å². The van der Waals surface area contributed by atoms with Gasteiger partial charge in [-0.2, -0.15) is 9.29 Å². The molecule has 0 aliphatic carbocycles. The summed E-state index contributed by atoms with van der Waals surface area (Å²) in [5, 5.41) is 4.03. The maximum atomic E-state index is 12.8. The summed E-state index contributed by atoms with van der Waals surface area (Å²) in [7, 11) is -3.59. The summed E-state index contributed by atoms with van der Waals surface area (Å²) in [6, 6.07) is 16.1. The lowest BCUT2D eigenvalue weighted by atomic mass is 10.1. The zero-order valence-electron chi connectivity index (χ0n) is 14.8. The quantitative estimate of drug-likeness (QED) is 0.686. The molecule has 0 bridgehead atoms. The summed E-state index contributed by atoms with van der Waals surface area (Å²) in [5.41, 5.74) is 1.90. The number of benzene rings is 2. The highest BCUT2D eigenvalue weighted by molar-refractivity contribution is 7.89. The molecule has 0 radical (unpaired) electrons. The average molecular weight is 385 g/mol. The van der Waals surface area contributed by atoms with E-state index in [-0.39, 0.29) is 30.5 Å². The standard InChI is InChI=1S/C19H19N3O4S/c1-14-7-5-6-10-16(14)18-20-19(26-21-18)17-13-22(11-12-25-17)27(23,24)15-8-3-2-4-9-15/h2-10,17H,11-13H2,1H3/t17-/m1/s1. The average Bonchev–Trinajstić information content (AvgIpc) is 3.19. The topological polar surface area (TPSA) is 85.5 Å². The number of hydrogen-bond acceptors (Lipinski definition) is 6. The molecule has 0 saturated carbocycles. The van der Waals surface area contributed by atoms with Gasteiger partial charge in [0.05, 0.1) is 11.5 Å². The van der Waals surface area contributed by atoms with Gasteiger partial charge in [0, 0.05) is 18.7 Å². The first-order valence-corrected chi connectivity index (χ1v) is 10.1. The van der Waals surface area contributed by atoms with Crippen LogP contribution >= 0.6 is 0 Å². The maximum Gasteiger partial charge on any atom is 0.257 e. The molecule has 1 atom stereocenters. The van der Waals surface area contributed by atoms with Crippen molar-refractivity contribution in [2.75, 3.05) is 19.7 Å². The summed E-state index contributed by atoms with van der Waals surface area (Å²) in [5.74, 6) is 0.746. The minimum absolute atomic E-state index is 0.132. The molecular formula is C19H19N3O4S. The molecule has 1 aromatic heterocycles. The molecule has 27 heavy (non-hydrogen) atoms. The summed E-state index contributed by atoms with van der Waals surface area (Å²) in [6.45, 7) is 2.65. The van der Waals surface area contributed by atoms with Crippen molar-refractivity contribution in [3.63, 3.8) is 0 Å². The van der Waals surface area contributed by atoms with E-state index in [0.29, 0.717) is 5.82 Å². The first kappa shape index (κ1) is 17.8. The third-order valence-electron chi connectivity index (χ3n) is 4.51. The molecule has 1 aliphatic rings.